The molecule has 6 nitrogen and oxygen atoms in total. The van der Waals surface area contributed by atoms with Gasteiger partial charge < -0.3 is 14.4 Å². The third kappa shape index (κ3) is 4.05. The van der Waals surface area contributed by atoms with E-state index in [1.165, 1.54) is 11.6 Å². The second kappa shape index (κ2) is 7.60. The molecule has 29 heavy (non-hydrogen) atoms. The first kappa shape index (κ1) is 22.1. The Kier molecular flexibility index (Phi) is 5.80. The Labute approximate surface area is 173 Å². The number of phenols is 1. The SMILES string of the molecule is C=C1CCCC2C1(C)CCC(C)C2(C)Cc1cc(CO)cc(O)c1OS(=O)(=O)O. The summed E-state index contributed by atoms with van der Waals surface area (Å²) in [6.07, 6.45) is 5.77. The van der Waals surface area contributed by atoms with Gasteiger partial charge in [0.25, 0.3) is 0 Å². The number of hydrogen-bond donors (Lipinski definition) is 3. The summed E-state index contributed by atoms with van der Waals surface area (Å²) in [6, 6.07) is 2.91. The maximum atomic E-state index is 11.4. The second-order valence-corrected chi connectivity index (χ2v) is 10.4. The highest BCUT2D eigenvalue weighted by Crippen LogP contribution is 2.62. The zero-order chi connectivity index (χ0) is 21.6. The summed E-state index contributed by atoms with van der Waals surface area (Å²) in [5.74, 6) is 0.0515. The third-order valence-corrected chi connectivity index (χ3v) is 8.09. The van der Waals surface area contributed by atoms with Crippen LogP contribution in [0.15, 0.2) is 24.3 Å². The van der Waals surface area contributed by atoms with Crippen LogP contribution in [0, 0.1) is 22.7 Å². The van der Waals surface area contributed by atoms with E-state index in [0.717, 1.165) is 32.1 Å². The fourth-order valence-corrected chi connectivity index (χ4v) is 6.24. The molecule has 3 N–H and O–H groups in total. The smallest absolute Gasteiger partial charge is 0.446 e. The van der Waals surface area contributed by atoms with Crippen LogP contribution in [0.3, 0.4) is 0 Å². The summed E-state index contributed by atoms with van der Waals surface area (Å²) in [5, 5.41) is 19.9. The molecule has 0 saturated heterocycles. The maximum absolute atomic E-state index is 11.4. The minimum absolute atomic E-state index is 0.0280. The Morgan fingerprint density at radius 2 is 1.97 bits per heavy atom. The first-order valence-corrected chi connectivity index (χ1v) is 11.6. The lowest BCUT2D eigenvalue weighted by atomic mass is 9.46. The Bertz CT molecular complexity index is 908. The van der Waals surface area contributed by atoms with Crippen LogP contribution in [0.25, 0.3) is 0 Å². The summed E-state index contributed by atoms with van der Waals surface area (Å²) in [5.41, 5.74) is 2.06. The Balaban J connectivity index is 2.09. The van der Waals surface area contributed by atoms with Crippen LogP contribution in [0.5, 0.6) is 11.5 Å². The van der Waals surface area contributed by atoms with Gasteiger partial charge >= 0.3 is 10.4 Å². The minimum Gasteiger partial charge on any atom is -0.504 e. The predicted octanol–water partition coefficient (Wildman–Crippen LogP) is 4.41. The highest BCUT2D eigenvalue weighted by Gasteiger charge is 2.54. The first-order chi connectivity index (χ1) is 13.4. The summed E-state index contributed by atoms with van der Waals surface area (Å²) in [6.45, 7) is 10.8. The largest absolute Gasteiger partial charge is 0.504 e. The number of benzene rings is 1. The Morgan fingerprint density at radius 1 is 1.28 bits per heavy atom. The molecule has 7 heteroatoms. The normalized spacial score (nSPS) is 32.7. The molecule has 0 aliphatic heterocycles. The van der Waals surface area contributed by atoms with Gasteiger partial charge in [0.2, 0.25) is 0 Å². The van der Waals surface area contributed by atoms with Crippen molar-refractivity contribution in [3.05, 3.63) is 35.4 Å². The lowest BCUT2D eigenvalue weighted by Gasteiger charge is -2.59. The summed E-state index contributed by atoms with van der Waals surface area (Å²) < 4.78 is 36.7. The molecule has 0 heterocycles. The van der Waals surface area contributed by atoms with Crippen molar-refractivity contribution < 1.29 is 27.4 Å². The van der Waals surface area contributed by atoms with Gasteiger partial charge in [0.15, 0.2) is 11.5 Å². The van der Waals surface area contributed by atoms with Crippen LogP contribution in [0.4, 0.5) is 0 Å². The molecule has 1 aromatic rings. The van der Waals surface area contributed by atoms with E-state index in [1.807, 2.05) is 0 Å². The number of phenolic OH excluding ortho intramolecular Hbond substituents is 1. The third-order valence-electron chi connectivity index (χ3n) is 7.72. The van der Waals surface area contributed by atoms with Crippen LogP contribution in [0.1, 0.15) is 64.0 Å². The molecular formula is C22H32O6S. The van der Waals surface area contributed by atoms with Crippen molar-refractivity contribution in [1.82, 2.24) is 0 Å². The minimum atomic E-state index is -4.80. The molecule has 0 radical (unpaired) electrons. The Morgan fingerprint density at radius 3 is 2.59 bits per heavy atom. The molecule has 0 bridgehead atoms. The summed E-state index contributed by atoms with van der Waals surface area (Å²) in [7, 11) is -4.80. The van der Waals surface area contributed by atoms with Gasteiger partial charge in [-0.15, -0.1) is 0 Å². The summed E-state index contributed by atoms with van der Waals surface area (Å²) in [4.78, 5) is 0. The molecule has 2 aliphatic rings. The molecule has 0 aromatic heterocycles. The quantitative estimate of drug-likeness (QED) is 0.478. The molecule has 2 aliphatic carbocycles. The zero-order valence-electron chi connectivity index (χ0n) is 17.4. The number of aliphatic hydroxyl groups is 1. The second-order valence-electron chi connectivity index (χ2n) is 9.36. The number of aromatic hydroxyl groups is 1. The van der Waals surface area contributed by atoms with Crippen molar-refractivity contribution in [3.8, 4) is 11.5 Å². The van der Waals surface area contributed by atoms with Crippen LogP contribution >= 0.6 is 0 Å². The van der Waals surface area contributed by atoms with Crippen molar-refractivity contribution >= 4 is 10.4 Å². The van der Waals surface area contributed by atoms with E-state index in [4.69, 9.17) is 4.18 Å². The van der Waals surface area contributed by atoms with E-state index < -0.39 is 16.1 Å². The van der Waals surface area contributed by atoms with Crippen LogP contribution in [-0.2, 0) is 23.4 Å². The van der Waals surface area contributed by atoms with Crippen molar-refractivity contribution in [2.24, 2.45) is 22.7 Å². The maximum Gasteiger partial charge on any atom is 0.446 e. The van der Waals surface area contributed by atoms with Crippen LogP contribution < -0.4 is 4.18 Å². The first-order valence-electron chi connectivity index (χ1n) is 10.2. The van der Waals surface area contributed by atoms with Gasteiger partial charge in [-0.1, -0.05) is 32.9 Å². The molecule has 4 atom stereocenters. The van der Waals surface area contributed by atoms with Crippen molar-refractivity contribution in [3.63, 3.8) is 0 Å². The van der Waals surface area contributed by atoms with E-state index in [9.17, 15) is 23.2 Å². The topological polar surface area (TPSA) is 104 Å². The molecule has 3 rings (SSSR count). The fourth-order valence-electron chi connectivity index (χ4n) is 5.84. The van der Waals surface area contributed by atoms with E-state index in [2.05, 4.69) is 27.4 Å². The van der Waals surface area contributed by atoms with Crippen molar-refractivity contribution in [1.29, 1.82) is 0 Å². The molecule has 2 saturated carbocycles. The number of hydrogen-bond acceptors (Lipinski definition) is 5. The molecule has 2 fully saturated rings. The van der Waals surface area contributed by atoms with E-state index >= 15 is 0 Å². The fraction of sp³-hybridized carbons (Fsp3) is 0.636. The standard InChI is InChI=1S/C22H32O6S/c1-14-6-5-7-19-21(14,3)9-8-15(2)22(19,4)12-17-10-16(13-23)11-18(24)20(17)28-29(25,26)27/h10-11,15,19,23-24H,1,5-9,12-13H2,2-4H3,(H,25,26,27). The van der Waals surface area contributed by atoms with E-state index in [0.29, 0.717) is 29.4 Å². The van der Waals surface area contributed by atoms with Gasteiger partial charge in [-0.05, 0) is 78.9 Å². The molecular weight excluding hydrogens is 392 g/mol. The van der Waals surface area contributed by atoms with Crippen molar-refractivity contribution in [2.45, 2.75) is 65.9 Å². The lowest BCUT2D eigenvalue weighted by molar-refractivity contribution is -0.0490. The predicted molar refractivity (Wildman–Crippen MR) is 111 cm³/mol. The zero-order valence-corrected chi connectivity index (χ0v) is 18.3. The molecule has 162 valence electrons. The number of aliphatic hydroxyl groups excluding tert-OH is 1. The van der Waals surface area contributed by atoms with Crippen LogP contribution in [0.2, 0.25) is 0 Å². The summed E-state index contributed by atoms with van der Waals surface area (Å²) >= 11 is 0. The highest BCUT2D eigenvalue weighted by molar-refractivity contribution is 7.81. The molecule has 1 aromatic carbocycles. The number of fused-ring (bicyclic) bond motifs is 1. The lowest BCUT2D eigenvalue weighted by Crippen LogP contribution is -2.51. The van der Waals surface area contributed by atoms with Gasteiger partial charge in [-0.25, -0.2) is 0 Å². The van der Waals surface area contributed by atoms with Crippen molar-refractivity contribution in [2.75, 3.05) is 0 Å². The van der Waals surface area contributed by atoms with Gasteiger partial charge in [0, 0.05) is 5.56 Å². The Hall–Kier alpha value is -1.57. The van der Waals surface area contributed by atoms with Gasteiger partial charge in [-0.3, -0.25) is 4.55 Å². The average Bonchev–Trinajstić information content (AvgIpc) is 2.62. The van der Waals surface area contributed by atoms with Gasteiger partial charge in [0.1, 0.15) is 0 Å². The molecule has 4 unspecified atom stereocenters. The van der Waals surface area contributed by atoms with Crippen LogP contribution in [-0.4, -0.2) is 23.2 Å². The van der Waals surface area contributed by atoms with E-state index in [1.54, 1.807) is 6.07 Å². The van der Waals surface area contributed by atoms with E-state index in [-0.39, 0.29) is 23.2 Å². The number of rotatable bonds is 5. The molecule has 0 spiro atoms. The van der Waals surface area contributed by atoms with Gasteiger partial charge in [-0.2, -0.15) is 8.42 Å². The number of allylic oxidation sites excluding steroid dienone is 1. The molecule has 0 amide bonds. The monoisotopic (exact) mass is 424 g/mol. The average molecular weight is 425 g/mol. The van der Waals surface area contributed by atoms with Gasteiger partial charge in [0.05, 0.1) is 6.61 Å². The highest BCUT2D eigenvalue weighted by atomic mass is 32.3.